The smallest absolute Gasteiger partial charge is 0.220 e. The van der Waals surface area contributed by atoms with Crippen LogP contribution in [-0.2, 0) is 11.3 Å². The van der Waals surface area contributed by atoms with Crippen LogP contribution in [0.5, 0.6) is 0 Å². The van der Waals surface area contributed by atoms with Crippen molar-refractivity contribution in [1.29, 1.82) is 0 Å². The van der Waals surface area contributed by atoms with Gasteiger partial charge in [0.15, 0.2) is 0 Å². The summed E-state index contributed by atoms with van der Waals surface area (Å²) in [6.07, 6.45) is 7.89. The van der Waals surface area contributed by atoms with Crippen molar-refractivity contribution < 1.29 is 4.79 Å². The molecular formula is C14H24N4O. The number of primary amides is 1. The van der Waals surface area contributed by atoms with Crippen LogP contribution in [0, 0.1) is 5.92 Å². The van der Waals surface area contributed by atoms with Gasteiger partial charge in [0, 0.05) is 36.3 Å². The summed E-state index contributed by atoms with van der Waals surface area (Å²) in [5.74, 6) is -0.0630. The Kier molecular flexibility index (Phi) is 4.58. The maximum Gasteiger partial charge on any atom is 0.220 e. The Labute approximate surface area is 114 Å². The third kappa shape index (κ3) is 3.56. The van der Waals surface area contributed by atoms with Gasteiger partial charge in [-0.1, -0.05) is 0 Å². The standard InChI is InChI=1S/C14H24N4O/c1-3-18-9-12(8-16-18)10(2)17-13-6-4-11(5-7-13)14(15)19/h8-11,13,17H,3-7H2,1-2H3,(H2,15,19). The molecule has 0 aromatic carbocycles. The second-order valence-electron chi connectivity index (χ2n) is 5.47. The normalized spacial score (nSPS) is 25.2. The number of amides is 1. The molecule has 19 heavy (non-hydrogen) atoms. The van der Waals surface area contributed by atoms with E-state index in [9.17, 15) is 4.79 Å². The van der Waals surface area contributed by atoms with E-state index in [2.05, 4.69) is 30.5 Å². The van der Waals surface area contributed by atoms with Gasteiger partial charge in [0.25, 0.3) is 0 Å². The van der Waals surface area contributed by atoms with Crippen LogP contribution in [0.15, 0.2) is 12.4 Å². The van der Waals surface area contributed by atoms with Gasteiger partial charge in [-0.2, -0.15) is 5.10 Å². The molecule has 1 aromatic heterocycles. The Balaban J connectivity index is 1.83. The highest BCUT2D eigenvalue weighted by atomic mass is 16.1. The molecule has 1 saturated carbocycles. The zero-order valence-electron chi connectivity index (χ0n) is 11.8. The Morgan fingerprint density at radius 2 is 2.21 bits per heavy atom. The molecule has 0 spiro atoms. The Morgan fingerprint density at radius 1 is 1.53 bits per heavy atom. The molecule has 0 saturated heterocycles. The minimum atomic E-state index is -0.143. The van der Waals surface area contributed by atoms with E-state index in [1.807, 2.05) is 10.9 Å². The van der Waals surface area contributed by atoms with Gasteiger partial charge in [-0.25, -0.2) is 0 Å². The molecule has 1 fully saturated rings. The topological polar surface area (TPSA) is 72.9 Å². The SMILES string of the molecule is CCn1cc(C(C)NC2CCC(C(N)=O)CC2)cn1. The lowest BCUT2D eigenvalue weighted by Gasteiger charge is -2.29. The molecule has 1 atom stereocenters. The summed E-state index contributed by atoms with van der Waals surface area (Å²) >= 11 is 0. The van der Waals surface area contributed by atoms with E-state index in [0.717, 1.165) is 32.2 Å². The molecule has 1 aromatic rings. The molecule has 106 valence electrons. The molecule has 0 aliphatic heterocycles. The monoisotopic (exact) mass is 264 g/mol. The molecule has 1 aliphatic carbocycles. The minimum absolute atomic E-state index is 0.0798. The van der Waals surface area contributed by atoms with Crippen LogP contribution >= 0.6 is 0 Å². The molecule has 1 unspecified atom stereocenters. The van der Waals surface area contributed by atoms with Gasteiger partial charge in [-0.3, -0.25) is 9.48 Å². The number of aromatic nitrogens is 2. The van der Waals surface area contributed by atoms with Crippen molar-refractivity contribution in [1.82, 2.24) is 15.1 Å². The van der Waals surface area contributed by atoms with Crippen LogP contribution in [0.25, 0.3) is 0 Å². The highest BCUT2D eigenvalue weighted by molar-refractivity contribution is 5.76. The quantitative estimate of drug-likeness (QED) is 0.848. The van der Waals surface area contributed by atoms with E-state index in [0.29, 0.717) is 12.1 Å². The number of hydrogen-bond acceptors (Lipinski definition) is 3. The van der Waals surface area contributed by atoms with Crippen molar-refractivity contribution in [2.45, 2.75) is 58.2 Å². The molecule has 1 aliphatic rings. The van der Waals surface area contributed by atoms with Crippen LogP contribution in [0.4, 0.5) is 0 Å². The van der Waals surface area contributed by atoms with Gasteiger partial charge < -0.3 is 11.1 Å². The van der Waals surface area contributed by atoms with Crippen molar-refractivity contribution in [3.63, 3.8) is 0 Å². The molecule has 1 heterocycles. The first-order valence-corrected chi connectivity index (χ1v) is 7.17. The zero-order valence-corrected chi connectivity index (χ0v) is 11.8. The third-order valence-corrected chi connectivity index (χ3v) is 4.09. The zero-order chi connectivity index (χ0) is 13.8. The van der Waals surface area contributed by atoms with Crippen LogP contribution < -0.4 is 11.1 Å². The fraction of sp³-hybridized carbons (Fsp3) is 0.714. The summed E-state index contributed by atoms with van der Waals surface area (Å²) in [4.78, 5) is 11.1. The molecule has 5 heteroatoms. The first-order valence-electron chi connectivity index (χ1n) is 7.17. The molecule has 5 nitrogen and oxygen atoms in total. The van der Waals surface area contributed by atoms with Gasteiger partial charge in [-0.05, 0) is 39.5 Å². The molecular weight excluding hydrogens is 240 g/mol. The predicted molar refractivity (Wildman–Crippen MR) is 74.4 cm³/mol. The largest absolute Gasteiger partial charge is 0.369 e. The van der Waals surface area contributed by atoms with E-state index in [1.165, 1.54) is 5.56 Å². The molecule has 2 rings (SSSR count). The lowest BCUT2D eigenvalue weighted by molar-refractivity contribution is -0.122. The fourth-order valence-corrected chi connectivity index (χ4v) is 2.77. The highest BCUT2D eigenvalue weighted by Gasteiger charge is 2.25. The first kappa shape index (κ1) is 14.1. The van der Waals surface area contributed by atoms with Gasteiger partial charge in [0.1, 0.15) is 0 Å². The summed E-state index contributed by atoms with van der Waals surface area (Å²) in [6, 6.07) is 0.783. The average Bonchev–Trinajstić information content (AvgIpc) is 2.88. The van der Waals surface area contributed by atoms with E-state index in [1.54, 1.807) is 0 Å². The van der Waals surface area contributed by atoms with Crippen LogP contribution in [0.2, 0.25) is 0 Å². The number of aryl methyl sites for hydroxylation is 1. The maximum absolute atomic E-state index is 11.1. The van der Waals surface area contributed by atoms with E-state index >= 15 is 0 Å². The van der Waals surface area contributed by atoms with Gasteiger partial charge >= 0.3 is 0 Å². The third-order valence-electron chi connectivity index (χ3n) is 4.09. The summed E-state index contributed by atoms with van der Waals surface area (Å²) in [7, 11) is 0. The van der Waals surface area contributed by atoms with E-state index < -0.39 is 0 Å². The summed E-state index contributed by atoms with van der Waals surface area (Å²) < 4.78 is 1.94. The average molecular weight is 264 g/mol. The number of hydrogen-bond donors (Lipinski definition) is 2. The number of rotatable bonds is 5. The number of nitrogens with one attached hydrogen (secondary N) is 1. The van der Waals surface area contributed by atoms with Crippen molar-refractivity contribution in [2.24, 2.45) is 11.7 Å². The predicted octanol–water partition coefficient (Wildman–Crippen LogP) is 1.60. The van der Waals surface area contributed by atoms with Crippen molar-refractivity contribution in [3.05, 3.63) is 18.0 Å². The van der Waals surface area contributed by atoms with Crippen LogP contribution in [-0.4, -0.2) is 21.7 Å². The minimum Gasteiger partial charge on any atom is -0.369 e. The van der Waals surface area contributed by atoms with Crippen molar-refractivity contribution >= 4 is 5.91 Å². The second-order valence-corrected chi connectivity index (χ2v) is 5.47. The number of nitrogens with zero attached hydrogens (tertiary/aromatic N) is 2. The number of carbonyl (C=O) groups is 1. The second kappa shape index (κ2) is 6.19. The molecule has 3 N–H and O–H groups in total. The lowest BCUT2D eigenvalue weighted by Crippen LogP contribution is -2.37. The van der Waals surface area contributed by atoms with Crippen LogP contribution in [0.1, 0.15) is 51.1 Å². The van der Waals surface area contributed by atoms with Gasteiger partial charge in [0.05, 0.1) is 6.20 Å². The van der Waals surface area contributed by atoms with Crippen molar-refractivity contribution in [2.75, 3.05) is 0 Å². The maximum atomic E-state index is 11.1. The van der Waals surface area contributed by atoms with Gasteiger partial charge in [0.2, 0.25) is 5.91 Å². The van der Waals surface area contributed by atoms with Gasteiger partial charge in [-0.15, -0.1) is 0 Å². The molecule has 0 bridgehead atoms. The van der Waals surface area contributed by atoms with Crippen LogP contribution in [0.3, 0.4) is 0 Å². The van der Waals surface area contributed by atoms with E-state index in [4.69, 9.17) is 5.73 Å². The summed E-state index contributed by atoms with van der Waals surface area (Å²) in [6.45, 7) is 5.15. The molecule has 1 amide bonds. The number of carbonyl (C=O) groups excluding carboxylic acids is 1. The lowest BCUT2D eigenvalue weighted by atomic mass is 9.85. The van der Waals surface area contributed by atoms with E-state index in [-0.39, 0.29) is 11.8 Å². The van der Waals surface area contributed by atoms with Crippen molar-refractivity contribution in [3.8, 4) is 0 Å². The Morgan fingerprint density at radius 3 is 2.74 bits per heavy atom. The Hall–Kier alpha value is -1.36. The number of nitrogens with two attached hydrogens (primary N) is 1. The summed E-state index contributed by atoms with van der Waals surface area (Å²) in [5.41, 5.74) is 6.57. The first-order chi connectivity index (χ1) is 9.10. The Bertz CT molecular complexity index is 421. The highest BCUT2D eigenvalue weighted by Crippen LogP contribution is 2.25. The fourth-order valence-electron chi connectivity index (χ4n) is 2.77. The molecule has 0 radical (unpaired) electrons. The summed E-state index contributed by atoms with van der Waals surface area (Å²) in [5, 5.41) is 7.93.